The van der Waals surface area contributed by atoms with E-state index < -0.39 is 0 Å². The van der Waals surface area contributed by atoms with Crippen LogP contribution in [0.5, 0.6) is 0 Å². The van der Waals surface area contributed by atoms with E-state index in [1.807, 2.05) is 0 Å². The molecule has 0 heterocycles. The van der Waals surface area contributed by atoms with Gasteiger partial charge in [-0.3, -0.25) is 0 Å². The van der Waals surface area contributed by atoms with Crippen molar-refractivity contribution in [1.29, 1.82) is 0 Å². The third kappa shape index (κ3) is 3.46. The van der Waals surface area contributed by atoms with Gasteiger partial charge in [-0.15, -0.1) is 0 Å². The van der Waals surface area contributed by atoms with Crippen LogP contribution in [0.25, 0.3) is 34.4 Å². The highest BCUT2D eigenvalue weighted by Crippen LogP contribution is 2.42. The van der Waals surface area contributed by atoms with Gasteiger partial charge in [0.1, 0.15) is 0 Å². The summed E-state index contributed by atoms with van der Waals surface area (Å²) >= 11 is 0. The summed E-state index contributed by atoms with van der Waals surface area (Å²) in [5.74, 6) is 0. The van der Waals surface area contributed by atoms with E-state index in [0.717, 1.165) is 12.8 Å². The first-order valence-electron chi connectivity index (χ1n) is 12.3. The molecule has 2 aliphatic carbocycles. The van der Waals surface area contributed by atoms with Crippen LogP contribution >= 0.6 is 0 Å². The molecule has 0 amide bonds. The fraction of sp³-hybridized carbons (Fsp3) is 0.176. The predicted molar refractivity (Wildman–Crippen MR) is 147 cm³/mol. The lowest BCUT2D eigenvalue weighted by Gasteiger charge is -2.16. The second-order valence-corrected chi connectivity index (χ2v) is 10.1. The molecule has 0 bridgehead atoms. The molecule has 0 saturated carbocycles. The lowest BCUT2D eigenvalue weighted by molar-refractivity contribution is 1.25. The Labute approximate surface area is 203 Å². The Hall–Kier alpha value is -3.64. The number of hydrogen-bond donors (Lipinski definition) is 0. The van der Waals surface area contributed by atoms with E-state index >= 15 is 0 Å². The average Bonchev–Trinajstić information content (AvgIpc) is 3.43. The van der Waals surface area contributed by atoms with Crippen molar-refractivity contribution in [2.75, 3.05) is 0 Å². The van der Waals surface area contributed by atoms with Crippen molar-refractivity contribution in [3.8, 4) is 11.1 Å². The van der Waals surface area contributed by atoms with Gasteiger partial charge in [0.15, 0.2) is 0 Å². The normalized spacial score (nSPS) is 14.0. The number of aryl methyl sites for hydroxylation is 4. The van der Waals surface area contributed by atoms with Crippen LogP contribution in [-0.2, 0) is 12.8 Å². The summed E-state index contributed by atoms with van der Waals surface area (Å²) in [6.45, 7) is 8.85. The quantitative estimate of drug-likeness (QED) is 0.300. The van der Waals surface area contributed by atoms with Crippen LogP contribution < -0.4 is 0 Å². The van der Waals surface area contributed by atoms with Crippen molar-refractivity contribution in [2.24, 2.45) is 0 Å². The minimum absolute atomic E-state index is 1.00. The van der Waals surface area contributed by atoms with Crippen molar-refractivity contribution < 1.29 is 0 Å². The minimum atomic E-state index is 1.00. The third-order valence-electron chi connectivity index (χ3n) is 7.77. The molecule has 0 saturated heterocycles. The SMILES string of the molecule is Cc1cc2c(cc1C)CC(c1ccccc1-c1ccccc1C1=Cc3cc(C)c(C)cc3C1)=C2. The summed E-state index contributed by atoms with van der Waals surface area (Å²) in [4.78, 5) is 0. The molecule has 0 aromatic heterocycles. The lowest BCUT2D eigenvalue weighted by Crippen LogP contribution is -1.95. The minimum Gasteiger partial charge on any atom is -0.0616 e. The maximum Gasteiger partial charge on any atom is -0.00134 e. The molecule has 0 heteroatoms. The summed E-state index contributed by atoms with van der Waals surface area (Å²) in [6.07, 6.45) is 6.81. The van der Waals surface area contributed by atoms with Gasteiger partial charge in [-0.25, -0.2) is 0 Å². The molecule has 6 rings (SSSR count). The van der Waals surface area contributed by atoms with Gasteiger partial charge in [-0.1, -0.05) is 84.9 Å². The van der Waals surface area contributed by atoms with Crippen LogP contribution in [-0.4, -0.2) is 0 Å². The maximum absolute atomic E-state index is 2.40. The van der Waals surface area contributed by atoms with Gasteiger partial charge in [-0.2, -0.15) is 0 Å². The lowest BCUT2D eigenvalue weighted by atomic mass is 9.88. The van der Waals surface area contributed by atoms with Crippen molar-refractivity contribution in [2.45, 2.75) is 40.5 Å². The summed E-state index contributed by atoms with van der Waals surface area (Å²) in [5.41, 5.74) is 19.3. The molecule has 34 heavy (non-hydrogen) atoms. The first-order chi connectivity index (χ1) is 16.5. The van der Waals surface area contributed by atoms with Crippen LogP contribution in [0.3, 0.4) is 0 Å². The molecule has 166 valence electrons. The molecule has 0 unspecified atom stereocenters. The van der Waals surface area contributed by atoms with Crippen molar-refractivity contribution in [3.63, 3.8) is 0 Å². The highest BCUT2D eigenvalue weighted by molar-refractivity contribution is 5.98. The van der Waals surface area contributed by atoms with Gasteiger partial charge in [-0.05, 0) is 118 Å². The first kappa shape index (κ1) is 20.9. The Balaban J connectivity index is 1.43. The van der Waals surface area contributed by atoms with Crippen LogP contribution in [0.15, 0.2) is 72.8 Å². The fourth-order valence-electron chi connectivity index (χ4n) is 5.60. The number of benzene rings is 4. The van der Waals surface area contributed by atoms with E-state index in [0.29, 0.717) is 0 Å². The van der Waals surface area contributed by atoms with Crippen molar-refractivity contribution in [1.82, 2.24) is 0 Å². The largest absolute Gasteiger partial charge is 0.0616 e. The molecule has 0 fully saturated rings. The van der Waals surface area contributed by atoms with Gasteiger partial charge in [0.25, 0.3) is 0 Å². The number of hydrogen-bond acceptors (Lipinski definition) is 0. The van der Waals surface area contributed by atoms with Crippen molar-refractivity contribution in [3.05, 3.63) is 128 Å². The number of allylic oxidation sites excluding steroid dienone is 2. The molecular weight excluding hydrogens is 408 g/mol. The van der Waals surface area contributed by atoms with Crippen LogP contribution in [0.2, 0.25) is 0 Å². The van der Waals surface area contributed by atoms with Crippen LogP contribution in [0.4, 0.5) is 0 Å². The zero-order chi connectivity index (χ0) is 23.4. The molecule has 0 N–H and O–H groups in total. The Bertz CT molecular complexity index is 1410. The average molecular weight is 439 g/mol. The Morgan fingerprint density at radius 1 is 0.441 bits per heavy atom. The Kier molecular flexibility index (Phi) is 4.92. The molecule has 0 radical (unpaired) electrons. The van der Waals surface area contributed by atoms with Gasteiger partial charge >= 0.3 is 0 Å². The monoisotopic (exact) mass is 438 g/mol. The topological polar surface area (TPSA) is 0 Å². The molecule has 4 aromatic rings. The molecule has 0 spiro atoms. The predicted octanol–water partition coefficient (Wildman–Crippen LogP) is 8.78. The second kappa shape index (κ2) is 7.99. The zero-order valence-electron chi connectivity index (χ0n) is 20.5. The van der Waals surface area contributed by atoms with Gasteiger partial charge in [0.05, 0.1) is 0 Å². The summed E-state index contributed by atoms with van der Waals surface area (Å²) < 4.78 is 0. The first-order valence-corrected chi connectivity index (χ1v) is 12.3. The van der Waals surface area contributed by atoms with Gasteiger partial charge < -0.3 is 0 Å². The third-order valence-corrected chi connectivity index (χ3v) is 7.77. The zero-order valence-corrected chi connectivity index (χ0v) is 20.5. The fourth-order valence-corrected chi connectivity index (χ4v) is 5.60. The number of fused-ring (bicyclic) bond motifs is 2. The Morgan fingerprint density at radius 2 is 0.794 bits per heavy atom. The Morgan fingerprint density at radius 3 is 1.21 bits per heavy atom. The van der Waals surface area contributed by atoms with Crippen LogP contribution in [0.1, 0.15) is 55.6 Å². The van der Waals surface area contributed by atoms with E-state index in [1.165, 1.54) is 77.9 Å². The molecular formula is C34H30. The van der Waals surface area contributed by atoms with E-state index in [-0.39, 0.29) is 0 Å². The molecule has 0 atom stereocenters. The smallest absolute Gasteiger partial charge is 0.00134 e. The molecule has 2 aliphatic rings. The second-order valence-electron chi connectivity index (χ2n) is 10.1. The molecule has 0 nitrogen and oxygen atoms in total. The highest BCUT2D eigenvalue weighted by atomic mass is 14.3. The molecule has 4 aromatic carbocycles. The van der Waals surface area contributed by atoms with E-state index in [2.05, 4.69) is 113 Å². The molecule has 0 aliphatic heterocycles. The van der Waals surface area contributed by atoms with E-state index in [4.69, 9.17) is 0 Å². The van der Waals surface area contributed by atoms with E-state index in [9.17, 15) is 0 Å². The summed E-state index contributed by atoms with van der Waals surface area (Å²) in [6, 6.07) is 27.3. The van der Waals surface area contributed by atoms with Gasteiger partial charge in [0.2, 0.25) is 0 Å². The van der Waals surface area contributed by atoms with Crippen molar-refractivity contribution >= 4 is 23.3 Å². The summed E-state index contributed by atoms with van der Waals surface area (Å²) in [5, 5.41) is 0. The summed E-state index contributed by atoms with van der Waals surface area (Å²) in [7, 11) is 0. The maximum atomic E-state index is 2.40. The van der Waals surface area contributed by atoms with E-state index in [1.54, 1.807) is 0 Å². The van der Waals surface area contributed by atoms with Gasteiger partial charge in [0, 0.05) is 0 Å². The standard InChI is InChI=1S/C34H30/c1-21-13-25-17-29(18-26(25)14-22(21)2)31-9-5-7-11-33(31)34-12-8-6-10-32(34)30-19-27-15-23(3)24(4)16-28(27)20-30/h5-17,19H,18,20H2,1-4H3. The number of rotatable bonds is 3. The van der Waals surface area contributed by atoms with Crippen LogP contribution in [0, 0.1) is 27.7 Å². The highest BCUT2D eigenvalue weighted by Gasteiger charge is 2.21.